The Bertz CT molecular complexity index is 304. The summed E-state index contributed by atoms with van der Waals surface area (Å²) in [4.78, 5) is 0. The first-order chi connectivity index (χ1) is 5.36. The molecule has 56 valence electrons. The molecule has 11 heavy (non-hydrogen) atoms. The van der Waals surface area contributed by atoms with E-state index in [1.54, 1.807) is 6.26 Å². The van der Waals surface area contributed by atoms with Crippen LogP contribution >= 0.6 is 15.9 Å². The Kier molecular flexibility index (Phi) is 1.70. The molecule has 0 saturated heterocycles. The lowest BCUT2D eigenvalue weighted by Crippen LogP contribution is -1.95. The van der Waals surface area contributed by atoms with E-state index in [0.29, 0.717) is 0 Å². The topological polar surface area (TPSA) is 9.23 Å². The molecule has 2 rings (SSSR count). The number of hydrogen-bond donors (Lipinski definition) is 0. The minimum atomic E-state index is 0.967. The standard InChI is InChI=1S/C9H7BrO/c10-8-3-4-9-7(6-8)2-1-5-11-9/h1,3-6H,2H2. The minimum Gasteiger partial charge on any atom is -0.465 e. The van der Waals surface area contributed by atoms with E-state index in [9.17, 15) is 0 Å². The Balaban J connectivity index is 2.48. The monoisotopic (exact) mass is 210 g/mol. The molecular weight excluding hydrogens is 204 g/mol. The molecule has 2 heteroatoms. The molecule has 0 unspecified atom stereocenters. The highest BCUT2D eigenvalue weighted by Crippen LogP contribution is 2.26. The molecule has 0 amide bonds. The zero-order valence-electron chi connectivity index (χ0n) is 5.88. The molecule has 1 heterocycles. The lowest BCUT2D eigenvalue weighted by Gasteiger charge is -2.10. The van der Waals surface area contributed by atoms with E-state index in [1.807, 2.05) is 18.2 Å². The van der Waals surface area contributed by atoms with Crippen molar-refractivity contribution in [2.45, 2.75) is 6.42 Å². The number of benzene rings is 1. The summed E-state index contributed by atoms with van der Waals surface area (Å²) in [6, 6.07) is 6.04. The predicted octanol–water partition coefficient (Wildman–Crippen LogP) is 2.90. The second-order valence-electron chi connectivity index (χ2n) is 2.45. The molecule has 1 aromatic rings. The molecule has 1 aliphatic heterocycles. The van der Waals surface area contributed by atoms with E-state index in [0.717, 1.165) is 16.6 Å². The quantitative estimate of drug-likeness (QED) is 0.641. The minimum absolute atomic E-state index is 0.967. The van der Waals surface area contributed by atoms with Gasteiger partial charge in [-0.1, -0.05) is 15.9 Å². The maximum absolute atomic E-state index is 5.28. The summed E-state index contributed by atoms with van der Waals surface area (Å²) in [5.41, 5.74) is 1.24. The molecule has 1 aromatic carbocycles. The molecule has 0 aromatic heterocycles. The molecule has 0 bridgehead atoms. The van der Waals surface area contributed by atoms with Crippen molar-refractivity contribution in [1.29, 1.82) is 0 Å². The van der Waals surface area contributed by atoms with Gasteiger partial charge in [0.15, 0.2) is 0 Å². The highest BCUT2D eigenvalue weighted by atomic mass is 79.9. The van der Waals surface area contributed by atoms with E-state index in [2.05, 4.69) is 22.0 Å². The zero-order chi connectivity index (χ0) is 7.68. The highest BCUT2D eigenvalue weighted by Gasteiger charge is 2.05. The number of rotatable bonds is 0. The summed E-state index contributed by atoms with van der Waals surface area (Å²) >= 11 is 3.41. The van der Waals surface area contributed by atoms with Crippen molar-refractivity contribution in [3.05, 3.63) is 40.6 Å². The molecule has 1 nitrogen and oxygen atoms in total. The number of allylic oxidation sites excluding steroid dienone is 1. The van der Waals surface area contributed by atoms with Crippen molar-refractivity contribution < 1.29 is 4.74 Å². The maximum Gasteiger partial charge on any atom is 0.130 e. The Morgan fingerprint density at radius 2 is 2.27 bits per heavy atom. The van der Waals surface area contributed by atoms with Crippen molar-refractivity contribution in [2.24, 2.45) is 0 Å². The van der Waals surface area contributed by atoms with Crippen molar-refractivity contribution in [3.8, 4) is 5.75 Å². The molecule has 0 aliphatic carbocycles. The fraction of sp³-hybridized carbons (Fsp3) is 0.111. The Morgan fingerprint density at radius 3 is 3.18 bits per heavy atom. The van der Waals surface area contributed by atoms with Crippen molar-refractivity contribution in [1.82, 2.24) is 0 Å². The third-order valence-corrected chi connectivity index (χ3v) is 2.14. The largest absolute Gasteiger partial charge is 0.465 e. The van der Waals surface area contributed by atoms with Crippen molar-refractivity contribution in [2.75, 3.05) is 0 Å². The van der Waals surface area contributed by atoms with Gasteiger partial charge in [0.05, 0.1) is 6.26 Å². The van der Waals surface area contributed by atoms with E-state index in [4.69, 9.17) is 4.74 Å². The second kappa shape index (κ2) is 2.70. The van der Waals surface area contributed by atoms with Crippen molar-refractivity contribution >= 4 is 15.9 Å². The molecule has 0 saturated carbocycles. The lowest BCUT2D eigenvalue weighted by molar-refractivity contribution is 0.464. The Hall–Kier alpha value is -0.760. The van der Waals surface area contributed by atoms with E-state index in [-0.39, 0.29) is 0 Å². The normalized spacial score (nSPS) is 13.9. The molecule has 0 fully saturated rings. The third-order valence-electron chi connectivity index (χ3n) is 1.65. The van der Waals surface area contributed by atoms with Crippen LogP contribution in [0.5, 0.6) is 5.75 Å². The second-order valence-corrected chi connectivity index (χ2v) is 3.36. The van der Waals surface area contributed by atoms with Crippen LogP contribution in [-0.4, -0.2) is 0 Å². The van der Waals surface area contributed by atoms with E-state index >= 15 is 0 Å². The Labute approximate surface area is 73.8 Å². The summed E-state index contributed by atoms with van der Waals surface area (Å²) in [7, 11) is 0. The van der Waals surface area contributed by atoms with Gasteiger partial charge in [0.25, 0.3) is 0 Å². The molecular formula is C9H7BrO. The van der Waals surface area contributed by atoms with Crippen LogP contribution < -0.4 is 4.74 Å². The van der Waals surface area contributed by atoms with Gasteiger partial charge < -0.3 is 4.74 Å². The predicted molar refractivity (Wildman–Crippen MR) is 47.6 cm³/mol. The van der Waals surface area contributed by atoms with Gasteiger partial charge in [-0.3, -0.25) is 0 Å². The summed E-state index contributed by atoms with van der Waals surface area (Å²) in [6.07, 6.45) is 4.71. The first kappa shape index (κ1) is 6.92. The molecule has 0 spiro atoms. The maximum atomic E-state index is 5.28. The van der Waals surface area contributed by atoms with Gasteiger partial charge in [0.1, 0.15) is 5.75 Å². The van der Waals surface area contributed by atoms with Crippen LogP contribution in [0.2, 0.25) is 0 Å². The molecule has 0 atom stereocenters. The van der Waals surface area contributed by atoms with Crippen LogP contribution in [0.4, 0.5) is 0 Å². The summed E-state index contributed by atoms with van der Waals surface area (Å²) < 4.78 is 6.38. The van der Waals surface area contributed by atoms with Crippen molar-refractivity contribution in [3.63, 3.8) is 0 Å². The van der Waals surface area contributed by atoms with Crippen LogP contribution in [0.15, 0.2) is 35.0 Å². The van der Waals surface area contributed by atoms with Gasteiger partial charge in [0.2, 0.25) is 0 Å². The fourth-order valence-electron chi connectivity index (χ4n) is 1.12. The van der Waals surface area contributed by atoms with Gasteiger partial charge in [-0.05, 0) is 36.3 Å². The van der Waals surface area contributed by atoms with Gasteiger partial charge in [-0.15, -0.1) is 0 Å². The highest BCUT2D eigenvalue weighted by molar-refractivity contribution is 9.10. The number of hydrogen-bond acceptors (Lipinski definition) is 1. The zero-order valence-corrected chi connectivity index (χ0v) is 7.47. The van der Waals surface area contributed by atoms with Gasteiger partial charge in [-0.2, -0.15) is 0 Å². The first-order valence-electron chi connectivity index (χ1n) is 3.46. The number of fused-ring (bicyclic) bond motifs is 1. The van der Waals surface area contributed by atoms with Gasteiger partial charge in [-0.25, -0.2) is 0 Å². The fourth-order valence-corrected chi connectivity index (χ4v) is 1.53. The summed E-state index contributed by atoms with van der Waals surface area (Å²) in [5.74, 6) is 0.968. The number of ether oxygens (including phenoxy) is 1. The lowest BCUT2D eigenvalue weighted by atomic mass is 10.1. The molecule has 0 radical (unpaired) electrons. The smallest absolute Gasteiger partial charge is 0.130 e. The van der Waals surface area contributed by atoms with Gasteiger partial charge >= 0.3 is 0 Å². The summed E-state index contributed by atoms with van der Waals surface area (Å²) in [5, 5.41) is 0. The summed E-state index contributed by atoms with van der Waals surface area (Å²) in [6.45, 7) is 0. The van der Waals surface area contributed by atoms with Crippen LogP contribution in [-0.2, 0) is 6.42 Å². The SMILES string of the molecule is Brc1ccc2c(c1)CC=CO2. The average Bonchev–Trinajstić information content (AvgIpc) is 2.04. The van der Waals surface area contributed by atoms with E-state index < -0.39 is 0 Å². The van der Waals surface area contributed by atoms with Crippen LogP contribution in [0.25, 0.3) is 0 Å². The first-order valence-corrected chi connectivity index (χ1v) is 4.25. The van der Waals surface area contributed by atoms with E-state index in [1.165, 1.54) is 5.56 Å². The van der Waals surface area contributed by atoms with Crippen LogP contribution in [0.3, 0.4) is 0 Å². The Morgan fingerprint density at radius 1 is 1.36 bits per heavy atom. The number of halogens is 1. The van der Waals surface area contributed by atoms with Gasteiger partial charge in [0, 0.05) is 4.47 Å². The molecule has 0 N–H and O–H groups in total. The van der Waals surface area contributed by atoms with Crippen LogP contribution in [0, 0.1) is 0 Å². The average molecular weight is 211 g/mol. The third kappa shape index (κ3) is 1.31. The molecule has 1 aliphatic rings. The van der Waals surface area contributed by atoms with Crippen LogP contribution in [0.1, 0.15) is 5.56 Å².